The van der Waals surface area contributed by atoms with Crippen LogP contribution in [0.15, 0.2) is 164 Å². The van der Waals surface area contributed by atoms with E-state index in [4.69, 9.17) is 0 Å². The topological polar surface area (TPSA) is 6.48 Å². The molecule has 2 aliphatic carbocycles. The van der Waals surface area contributed by atoms with Gasteiger partial charge in [-0.2, -0.15) is 0 Å². The average molecular weight is 675 g/mol. The molecule has 0 bridgehead atoms. The summed E-state index contributed by atoms with van der Waals surface area (Å²) in [5.74, 6) is 0. The third kappa shape index (κ3) is 4.76. The Morgan fingerprint density at radius 2 is 0.980 bits per heavy atom. The first-order chi connectivity index (χ1) is 25.2. The van der Waals surface area contributed by atoms with Crippen molar-refractivity contribution in [2.75, 3.05) is 9.80 Å². The van der Waals surface area contributed by atoms with Crippen LogP contribution in [0.3, 0.4) is 0 Å². The van der Waals surface area contributed by atoms with Gasteiger partial charge < -0.3 is 9.80 Å². The first kappa shape index (κ1) is 30.2. The van der Waals surface area contributed by atoms with Gasteiger partial charge in [0.1, 0.15) is 0 Å². The van der Waals surface area contributed by atoms with Crippen LogP contribution in [-0.2, 0) is 18.3 Å². The molecule has 0 fully saturated rings. The molecular weight excluding hydrogens is 637 g/mol. The normalized spacial score (nSPS) is 16.1. The van der Waals surface area contributed by atoms with Gasteiger partial charge in [-0.05, 0) is 127 Å². The highest BCUT2D eigenvalue weighted by Crippen LogP contribution is 2.60. The van der Waals surface area contributed by atoms with E-state index in [2.05, 4.69) is 181 Å². The molecule has 1 spiro atoms. The van der Waals surface area contributed by atoms with Crippen molar-refractivity contribution in [1.29, 1.82) is 0 Å². The monoisotopic (exact) mass is 674 g/mol. The molecule has 10 rings (SSSR count). The Morgan fingerprint density at radius 3 is 1.53 bits per heavy atom. The summed E-state index contributed by atoms with van der Waals surface area (Å²) >= 11 is 1.90. The first-order valence-electron chi connectivity index (χ1n) is 18.1. The number of benzene rings is 7. The molecule has 0 saturated carbocycles. The first-order valence-corrected chi connectivity index (χ1v) is 18.9. The summed E-state index contributed by atoms with van der Waals surface area (Å²) < 4.78 is 2.68. The van der Waals surface area contributed by atoms with Crippen LogP contribution in [0.25, 0.3) is 20.2 Å². The van der Waals surface area contributed by atoms with E-state index in [1.807, 2.05) is 11.3 Å². The molecule has 1 heterocycles. The molecule has 2 aliphatic rings. The highest BCUT2D eigenvalue weighted by molar-refractivity contribution is 7.25. The van der Waals surface area contributed by atoms with E-state index in [0.29, 0.717) is 0 Å². The minimum absolute atomic E-state index is 0.106. The fraction of sp³-hybridized carbons (Fsp3) is 0.125. The average Bonchev–Trinajstić information content (AvgIpc) is 3.88. The highest BCUT2D eigenvalue weighted by Gasteiger charge is 2.49. The molecule has 0 unspecified atom stereocenters. The number of para-hydroxylation sites is 3. The van der Waals surface area contributed by atoms with Gasteiger partial charge >= 0.3 is 0 Å². The molecular formula is C48H38N2S. The number of rotatable bonds is 6. The maximum Gasteiger partial charge on any atom is 0.0505 e. The van der Waals surface area contributed by atoms with Gasteiger partial charge in [0.05, 0.1) is 11.4 Å². The van der Waals surface area contributed by atoms with E-state index < -0.39 is 0 Å². The van der Waals surface area contributed by atoms with Crippen molar-refractivity contribution in [2.24, 2.45) is 0 Å². The smallest absolute Gasteiger partial charge is 0.0505 e. The maximum atomic E-state index is 2.54. The largest absolute Gasteiger partial charge is 0.310 e. The molecule has 0 aliphatic heterocycles. The predicted molar refractivity (Wildman–Crippen MR) is 217 cm³/mol. The minimum Gasteiger partial charge on any atom is -0.310 e. The van der Waals surface area contributed by atoms with Crippen molar-refractivity contribution in [3.63, 3.8) is 0 Å². The van der Waals surface area contributed by atoms with E-state index in [1.165, 1.54) is 82.1 Å². The Balaban J connectivity index is 1.20. The third-order valence-corrected chi connectivity index (χ3v) is 12.4. The number of aryl methyl sites for hydroxylation is 3. The zero-order valence-corrected chi connectivity index (χ0v) is 29.5. The van der Waals surface area contributed by atoms with Crippen molar-refractivity contribution in [3.8, 4) is 0 Å². The zero-order valence-electron chi connectivity index (χ0n) is 28.7. The second kappa shape index (κ2) is 12.0. The predicted octanol–water partition coefficient (Wildman–Crippen LogP) is 13.5. The van der Waals surface area contributed by atoms with Gasteiger partial charge in [-0.1, -0.05) is 97.1 Å². The van der Waals surface area contributed by atoms with E-state index in [-0.39, 0.29) is 5.41 Å². The van der Waals surface area contributed by atoms with Gasteiger partial charge in [0.25, 0.3) is 0 Å². The van der Waals surface area contributed by atoms with Crippen molar-refractivity contribution < 1.29 is 0 Å². The van der Waals surface area contributed by atoms with Gasteiger partial charge in [0, 0.05) is 48.3 Å². The highest BCUT2D eigenvalue weighted by atomic mass is 32.1. The van der Waals surface area contributed by atoms with Crippen molar-refractivity contribution in [2.45, 2.75) is 38.0 Å². The maximum absolute atomic E-state index is 2.54. The van der Waals surface area contributed by atoms with Crippen LogP contribution in [0, 0.1) is 6.92 Å². The summed E-state index contributed by atoms with van der Waals surface area (Å²) in [6.07, 6.45) is 4.37. The van der Waals surface area contributed by atoms with Crippen LogP contribution in [0.2, 0.25) is 0 Å². The van der Waals surface area contributed by atoms with Gasteiger partial charge in [0.2, 0.25) is 0 Å². The molecule has 246 valence electrons. The number of nitrogens with zero attached hydrogens (tertiary/aromatic N) is 2. The lowest BCUT2D eigenvalue weighted by molar-refractivity contribution is 0.508. The Bertz CT molecular complexity index is 2510. The zero-order chi connectivity index (χ0) is 33.9. The molecule has 8 aromatic rings. The molecule has 0 radical (unpaired) electrons. The standard InChI is InChI=1S/C48H38N2S/c1-33-14-11-25-43-45(33)40-27-26-39(32-44(40)51-43)50(38-21-9-4-10-22-38)42-24-13-16-35-29-31-48(47(35)42)30-28-34-15-12-23-41(46(34)48)49(36-17-5-2-6-18-36)37-19-7-3-8-20-37/h2-27,32H,28-31H2,1H3/t48-/m1/s1. The van der Waals surface area contributed by atoms with E-state index in [0.717, 1.165) is 25.7 Å². The number of hydrogen-bond acceptors (Lipinski definition) is 3. The van der Waals surface area contributed by atoms with E-state index >= 15 is 0 Å². The summed E-state index contributed by atoms with van der Waals surface area (Å²) in [6.45, 7) is 2.23. The van der Waals surface area contributed by atoms with Crippen LogP contribution in [-0.4, -0.2) is 0 Å². The van der Waals surface area contributed by atoms with Crippen molar-refractivity contribution in [1.82, 2.24) is 0 Å². The summed E-state index contributed by atoms with van der Waals surface area (Å²) in [4.78, 5) is 5.02. The Labute approximate surface area is 303 Å². The van der Waals surface area contributed by atoms with Gasteiger partial charge in [0.15, 0.2) is 0 Å². The molecule has 0 N–H and O–H groups in total. The second-order valence-corrected chi connectivity index (χ2v) is 15.2. The molecule has 0 saturated heterocycles. The third-order valence-electron chi connectivity index (χ3n) is 11.3. The Kier molecular flexibility index (Phi) is 7.11. The minimum atomic E-state index is -0.106. The molecule has 3 heteroatoms. The van der Waals surface area contributed by atoms with Crippen LogP contribution >= 0.6 is 11.3 Å². The molecule has 1 atom stereocenters. The van der Waals surface area contributed by atoms with Crippen molar-refractivity contribution >= 4 is 65.6 Å². The quantitative estimate of drug-likeness (QED) is 0.173. The fourth-order valence-corrected chi connectivity index (χ4v) is 10.4. The second-order valence-electron chi connectivity index (χ2n) is 14.1. The summed E-state index contributed by atoms with van der Waals surface area (Å²) in [5.41, 5.74) is 14.5. The number of thiophene rings is 1. The van der Waals surface area contributed by atoms with Gasteiger partial charge in [-0.15, -0.1) is 11.3 Å². The summed E-state index contributed by atoms with van der Waals surface area (Å²) in [7, 11) is 0. The summed E-state index contributed by atoms with van der Waals surface area (Å²) in [5, 5.41) is 2.72. The van der Waals surface area contributed by atoms with E-state index in [9.17, 15) is 0 Å². The Morgan fingerprint density at radius 1 is 0.471 bits per heavy atom. The molecule has 2 nitrogen and oxygen atoms in total. The molecule has 0 amide bonds. The lowest BCUT2D eigenvalue weighted by Gasteiger charge is -2.37. The number of anilines is 6. The van der Waals surface area contributed by atoms with Crippen molar-refractivity contribution in [3.05, 3.63) is 192 Å². The fourth-order valence-electron chi connectivity index (χ4n) is 9.23. The van der Waals surface area contributed by atoms with Crippen LogP contribution < -0.4 is 9.80 Å². The molecule has 1 aromatic heterocycles. The number of fused-ring (bicyclic) bond motifs is 7. The molecule has 51 heavy (non-hydrogen) atoms. The van der Waals surface area contributed by atoms with Gasteiger partial charge in [-0.3, -0.25) is 0 Å². The lowest BCUT2D eigenvalue weighted by Crippen LogP contribution is -2.27. The summed E-state index contributed by atoms with van der Waals surface area (Å²) in [6, 6.07) is 60.6. The SMILES string of the molecule is Cc1cccc2sc3cc(N(c4ccccc4)c4cccc5c4[C@]4(CCc6cccc(N(c7ccccc7)c7ccccc7)c64)CC5)ccc3c12. The number of hydrogen-bond donors (Lipinski definition) is 0. The molecule has 7 aromatic carbocycles. The van der Waals surface area contributed by atoms with Crippen LogP contribution in [0.4, 0.5) is 34.1 Å². The van der Waals surface area contributed by atoms with Crippen LogP contribution in [0.5, 0.6) is 0 Å². The van der Waals surface area contributed by atoms with Crippen LogP contribution in [0.1, 0.15) is 40.7 Å². The van der Waals surface area contributed by atoms with Gasteiger partial charge in [-0.25, -0.2) is 0 Å². The van der Waals surface area contributed by atoms with E-state index in [1.54, 1.807) is 0 Å². The lowest BCUT2D eigenvalue weighted by atomic mass is 9.74. The Hall–Kier alpha value is -5.64.